The molecule has 0 aliphatic heterocycles. The van der Waals surface area contributed by atoms with Crippen LogP contribution >= 0.6 is 8.25 Å². The van der Waals surface area contributed by atoms with Gasteiger partial charge in [-0.25, -0.2) is 9.59 Å². The van der Waals surface area contributed by atoms with E-state index < -0.39 is 56.1 Å². The van der Waals surface area contributed by atoms with Gasteiger partial charge in [-0.15, -0.1) is 10.1 Å². The number of hydrogen-bond donors (Lipinski definition) is 4. The molecule has 0 saturated carbocycles. The van der Waals surface area contributed by atoms with E-state index >= 15 is 0 Å². The summed E-state index contributed by atoms with van der Waals surface area (Å²) in [6, 6.07) is 0. The molecule has 0 fully saturated rings. The molecule has 0 rings (SSSR count). The van der Waals surface area contributed by atoms with Gasteiger partial charge in [0, 0.05) is 26.9 Å². The highest BCUT2D eigenvalue weighted by Gasteiger charge is 2.36. The maximum Gasteiger partial charge on any atom is 0.747 e. The highest BCUT2D eigenvalue weighted by molar-refractivity contribution is 7.77. The van der Waals surface area contributed by atoms with Crippen LogP contribution in [0.25, 0.3) is 0 Å². The van der Waals surface area contributed by atoms with Gasteiger partial charge in [-0.05, 0) is 0 Å². The molecule has 0 radical (unpaired) electrons. The summed E-state index contributed by atoms with van der Waals surface area (Å²) in [5, 5.41) is 0.463. The lowest BCUT2D eigenvalue weighted by Gasteiger charge is -2.16. The van der Waals surface area contributed by atoms with Gasteiger partial charge in [0.25, 0.3) is 0 Å². The number of rotatable bonds is 12. The molecule has 0 aromatic carbocycles. The largest absolute Gasteiger partial charge is 0.758 e. The van der Waals surface area contributed by atoms with Gasteiger partial charge >= 0.3 is 20.4 Å². The molecule has 0 aromatic heterocycles. The molecule has 2 atom stereocenters. The van der Waals surface area contributed by atoms with Crippen LogP contribution in [0.3, 0.4) is 0 Å². The summed E-state index contributed by atoms with van der Waals surface area (Å²) in [5.74, 6) is 0. The molecule has 152 valence electrons. The third kappa shape index (κ3) is 11.3. The number of nitrogens with zero attached hydrogens (tertiary/aromatic N) is 2. The molecule has 17 nitrogen and oxygen atoms in total. The summed E-state index contributed by atoms with van der Waals surface area (Å²) in [6.07, 6.45) is -2.91. The van der Waals surface area contributed by atoms with E-state index in [1.54, 1.807) is 0 Å². The third-order valence-electron chi connectivity index (χ3n) is 1.80. The third-order valence-corrected chi connectivity index (χ3v) is 2.90. The quantitative estimate of drug-likeness (QED) is 0.133. The number of carbonyl (C=O) groups is 2. The minimum absolute atomic E-state index is 0.216. The highest BCUT2D eigenvalue weighted by Crippen LogP contribution is 2.27. The summed E-state index contributed by atoms with van der Waals surface area (Å²) < 4.78 is 61.7. The van der Waals surface area contributed by atoms with Crippen molar-refractivity contribution in [3.8, 4) is 0 Å². The number of hydrogen-bond acceptors (Lipinski definition) is 13. The SMILES string of the molecule is NCCN(O[P+](=O)ON(CCN)C(=O)ONS(=O)[O-])C(=O)ONS(=O)[O-]. The minimum Gasteiger partial charge on any atom is -0.758 e. The van der Waals surface area contributed by atoms with Crippen LogP contribution < -0.4 is 21.2 Å². The fraction of sp³-hybridized carbons (Fsp3) is 0.667. The Bertz CT molecular complexity index is 495. The Labute approximate surface area is 151 Å². The zero-order valence-corrected chi connectivity index (χ0v) is 15.2. The molecule has 26 heavy (non-hydrogen) atoms. The maximum atomic E-state index is 11.7. The standard InChI is InChI=1S/C6H15N6O11PS2/c7-1-3-11(5(13)20-9-25(16)17)22-24(15)23-12(4-2-8)6(14)21-10-26(18)19/h9-10H,1-4,7-8H2,(H-,16,17,18,19)/p-1. The maximum absolute atomic E-state index is 11.7. The Morgan fingerprint density at radius 2 is 1.27 bits per heavy atom. The van der Waals surface area contributed by atoms with Crippen LogP contribution in [-0.4, -0.2) is 66.0 Å². The molecular formula is C6H14N6O11PS2-. The lowest BCUT2D eigenvalue weighted by atomic mass is 10.6. The summed E-state index contributed by atoms with van der Waals surface area (Å²) >= 11 is -5.89. The highest BCUT2D eigenvalue weighted by atomic mass is 32.2. The average Bonchev–Trinajstić information content (AvgIpc) is 2.56. The van der Waals surface area contributed by atoms with Crippen LogP contribution in [0.15, 0.2) is 0 Å². The second-order valence-corrected chi connectivity index (χ2v) is 5.59. The predicted molar refractivity (Wildman–Crippen MR) is 78.4 cm³/mol. The van der Waals surface area contributed by atoms with Gasteiger partial charge in [0.2, 0.25) is 0 Å². The summed E-state index contributed by atoms with van der Waals surface area (Å²) in [7, 11) is -3.27. The average molecular weight is 441 g/mol. The molecule has 20 heteroatoms. The van der Waals surface area contributed by atoms with E-state index in [0.717, 1.165) is 0 Å². The van der Waals surface area contributed by atoms with E-state index in [-0.39, 0.29) is 23.2 Å². The molecule has 2 unspecified atom stereocenters. The number of nitrogens with one attached hydrogen (secondary N) is 2. The first-order valence-electron chi connectivity index (χ1n) is 6.11. The van der Waals surface area contributed by atoms with Crippen molar-refractivity contribution in [2.45, 2.75) is 0 Å². The first-order valence-corrected chi connectivity index (χ1v) is 9.35. The van der Waals surface area contributed by atoms with Crippen LogP contribution in [0.2, 0.25) is 0 Å². The summed E-state index contributed by atoms with van der Waals surface area (Å²) in [5.41, 5.74) is 10.4. The van der Waals surface area contributed by atoms with Gasteiger partial charge in [-0.1, -0.05) is 9.77 Å². The van der Waals surface area contributed by atoms with Gasteiger partial charge in [0.15, 0.2) is 0 Å². The zero-order chi connectivity index (χ0) is 20.1. The molecular weight excluding hydrogens is 427 g/mol. The lowest BCUT2D eigenvalue weighted by Crippen LogP contribution is -2.39. The Morgan fingerprint density at radius 3 is 1.54 bits per heavy atom. The van der Waals surface area contributed by atoms with Crippen molar-refractivity contribution in [3.05, 3.63) is 0 Å². The van der Waals surface area contributed by atoms with Crippen molar-refractivity contribution < 1.29 is 50.6 Å². The predicted octanol–water partition coefficient (Wildman–Crippen LogP) is -3.10. The van der Waals surface area contributed by atoms with Crippen molar-refractivity contribution >= 4 is 43.0 Å². The number of carbonyl (C=O) groups excluding carboxylic acids is 2. The van der Waals surface area contributed by atoms with E-state index in [2.05, 4.69) is 18.9 Å². The Kier molecular flexibility index (Phi) is 13.0. The van der Waals surface area contributed by atoms with Crippen molar-refractivity contribution in [3.63, 3.8) is 0 Å². The van der Waals surface area contributed by atoms with Crippen molar-refractivity contribution in [1.82, 2.24) is 19.9 Å². The Hall–Kier alpha value is -1.38. The van der Waals surface area contributed by atoms with Crippen LogP contribution in [-0.2, 0) is 46.0 Å². The molecule has 2 amide bonds. The summed E-state index contributed by atoms with van der Waals surface area (Å²) in [6.45, 7) is -1.25. The molecule has 0 aromatic rings. The normalized spacial score (nSPS) is 13.5. The Balaban J connectivity index is 4.77. The lowest BCUT2D eigenvalue weighted by molar-refractivity contribution is -0.0968. The number of hydroxylamine groups is 4. The molecule has 6 N–H and O–H groups in total. The van der Waals surface area contributed by atoms with Gasteiger partial charge in [-0.2, -0.15) is 0 Å². The second-order valence-electron chi connectivity index (χ2n) is 3.54. The fourth-order valence-electron chi connectivity index (χ4n) is 0.982. The van der Waals surface area contributed by atoms with E-state index in [4.69, 9.17) is 11.5 Å². The molecule has 0 aliphatic rings. The van der Waals surface area contributed by atoms with E-state index in [1.165, 1.54) is 9.77 Å². The zero-order valence-electron chi connectivity index (χ0n) is 12.6. The fourth-order valence-corrected chi connectivity index (χ4v) is 1.91. The van der Waals surface area contributed by atoms with E-state index in [1.807, 2.05) is 0 Å². The van der Waals surface area contributed by atoms with Gasteiger partial charge in [0.05, 0.1) is 35.6 Å². The van der Waals surface area contributed by atoms with Crippen molar-refractivity contribution in [2.75, 3.05) is 26.2 Å². The van der Waals surface area contributed by atoms with Gasteiger partial charge in [0.1, 0.15) is 0 Å². The van der Waals surface area contributed by atoms with Gasteiger partial charge < -0.3 is 30.2 Å². The molecule has 0 saturated heterocycles. The monoisotopic (exact) mass is 441 g/mol. The molecule has 0 aliphatic carbocycles. The Morgan fingerprint density at radius 1 is 0.923 bits per heavy atom. The summed E-state index contributed by atoms with van der Waals surface area (Å²) in [4.78, 5) is 33.6. The second kappa shape index (κ2) is 13.8. The van der Waals surface area contributed by atoms with Crippen LogP contribution in [0.5, 0.6) is 0 Å². The first-order chi connectivity index (χ1) is 12.2. The van der Waals surface area contributed by atoms with Crippen molar-refractivity contribution in [1.29, 1.82) is 0 Å². The van der Waals surface area contributed by atoms with Crippen LogP contribution in [0, 0.1) is 0 Å². The first kappa shape index (κ1) is 24.6. The van der Waals surface area contributed by atoms with E-state index in [0.29, 0.717) is 0 Å². The van der Waals surface area contributed by atoms with E-state index in [9.17, 15) is 31.7 Å². The smallest absolute Gasteiger partial charge is 0.747 e. The van der Waals surface area contributed by atoms with Crippen molar-refractivity contribution in [2.24, 2.45) is 11.5 Å². The van der Waals surface area contributed by atoms with Crippen LogP contribution in [0.1, 0.15) is 0 Å². The minimum atomic E-state index is -3.27. The van der Waals surface area contributed by atoms with Crippen LogP contribution in [0.4, 0.5) is 9.59 Å². The molecule has 0 spiro atoms. The molecule has 0 bridgehead atoms. The number of nitrogens with two attached hydrogens (primary N) is 2. The topological polar surface area (TPSA) is 251 Å². The molecule has 0 heterocycles. The number of amides is 2. The van der Waals surface area contributed by atoms with Gasteiger partial charge in [-0.3, -0.25) is 8.42 Å².